The summed E-state index contributed by atoms with van der Waals surface area (Å²) in [7, 11) is -4.08. The number of rotatable bonds is 7. The highest BCUT2D eigenvalue weighted by Crippen LogP contribution is 2.30. The van der Waals surface area contributed by atoms with Crippen LogP contribution in [0.25, 0.3) is 11.4 Å². The number of aromatic nitrogens is 3. The standard InChI is InChI=1S/C22H23ClF2N4O2S/c23-11-4-5-15-7-9-16(10-8-15)32(30,31)28-20-13-17(18(24)14-19(20)25)22-27-26-21-6-2-1-3-12-29(21)22/h7-10,13-14,28H,1-6,11-12H2. The Balaban J connectivity index is 1.64. The zero-order chi connectivity index (χ0) is 22.7. The second-order valence-corrected chi connectivity index (χ2v) is 9.82. The number of alkyl halides is 1. The SMILES string of the molecule is O=S(=O)(Nc1cc(-c2nnc3n2CCCCC3)c(F)cc1F)c1ccc(CCCCl)cc1. The lowest BCUT2D eigenvalue weighted by Gasteiger charge is -2.13. The van der Waals surface area contributed by atoms with Crippen molar-refractivity contribution in [3.63, 3.8) is 0 Å². The molecule has 0 bridgehead atoms. The monoisotopic (exact) mass is 480 g/mol. The summed E-state index contributed by atoms with van der Waals surface area (Å²) in [6.07, 6.45) is 5.15. The number of halogens is 3. The first-order valence-corrected chi connectivity index (χ1v) is 12.5. The first-order valence-electron chi connectivity index (χ1n) is 10.5. The molecule has 1 N–H and O–H groups in total. The average molecular weight is 481 g/mol. The Labute approximate surface area is 190 Å². The van der Waals surface area contributed by atoms with E-state index >= 15 is 0 Å². The zero-order valence-corrected chi connectivity index (χ0v) is 18.9. The summed E-state index contributed by atoms with van der Waals surface area (Å²) in [5, 5.41) is 8.24. The van der Waals surface area contributed by atoms with Crippen molar-refractivity contribution >= 4 is 27.3 Å². The number of sulfonamides is 1. The van der Waals surface area contributed by atoms with Crippen molar-refractivity contribution in [3.05, 3.63) is 59.4 Å². The van der Waals surface area contributed by atoms with Gasteiger partial charge < -0.3 is 4.57 Å². The van der Waals surface area contributed by atoms with Gasteiger partial charge in [-0.25, -0.2) is 17.2 Å². The van der Waals surface area contributed by atoms with E-state index in [1.807, 2.05) is 4.57 Å². The molecule has 0 fully saturated rings. The summed E-state index contributed by atoms with van der Waals surface area (Å²) in [6.45, 7) is 0.631. The number of benzene rings is 2. The number of anilines is 1. The molecule has 0 amide bonds. The summed E-state index contributed by atoms with van der Waals surface area (Å²) in [5.41, 5.74) is 0.604. The Bertz CT molecular complexity index is 1210. The lowest BCUT2D eigenvalue weighted by molar-refractivity contribution is 0.581. The highest BCUT2D eigenvalue weighted by Gasteiger charge is 2.23. The maximum atomic E-state index is 14.7. The van der Waals surface area contributed by atoms with Gasteiger partial charge in [-0.3, -0.25) is 4.72 Å². The van der Waals surface area contributed by atoms with Gasteiger partial charge in [0.05, 0.1) is 16.1 Å². The zero-order valence-electron chi connectivity index (χ0n) is 17.3. The molecule has 0 saturated carbocycles. The van der Waals surface area contributed by atoms with E-state index in [0.29, 0.717) is 18.5 Å². The molecule has 0 saturated heterocycles. The van der Waals surface area contributed by atoms with E-state index < -0.39 is 21.7 Å². The number of nitrogens with zero attached hydrogens (tertiary/aromatic N) is 3. The molecule has 4 rings (SSSR count). The van der Waals surface area contributed by atoms with Crippen molar-refractivity contribution in [3.8, 4) is 11.4 Å². The molecule has 0 aliphatic carbocycles. The van der Waals surface area contributed by atoms with Crippen molar-refractivity contribution < 1.29 is 17.2 Å². The van der Waals surface area contributed by atoms with Gasteiger partial charge in [0.1, 0.15) is 17.5 Å². The Morgan fingerprint density at radius 1 is 1.03 bits per heavy atom. The van der Waals surface area contributed by atoms with Gasteiger partial charge in [-0.05, 0) is 49.4 Å². The van der Waals surface area contributed by atoms with Crippen LogP contribution in [0.4, 0.5) is 14.5 Å². The second-order valence-electron chi connectivity index (χ2n) is 7.76. The van der Waals surface area contributed by atoms with Gasteiger partial charge in [0.2, 0.25) is 0 Å². The fourth-order valence-electron chi connectivity index (χ4n) is 3.79. The number of hydrogen-bond donors (Lipinski definition) is 1. The molecule has 1 aliphatic heterocycles. The molecule has 1 aromatic heterocycles. The van der Waals surface area contributed by atoms with Crippen LogP contribution >= 0.6 is 11.6 Å². The number of aryl methyl sites for hydroxylation is 2. The molecular formula is C22H23ClF2N4O2S. The molecule has 6 nitrogen and oxygen atoms in total. The summed E-state index contributed by atoms with van der Waals surface area (Å²) >= 11 is 5.69. The number of nitrogens with one attached hydrogen (secondary N) is 1. The summed E-state index contributed by atoms with van der Waals surface area (Å²) in [6, 6.07) is 8.09. The van der Waals surface area contributed by atoms with E-state index in [1.165, 1.54) is 12.1 Å². The maximum Gasteiger partial charge on any atom is 0.261 e. The largest absolute Gasteiger partial charge is 0.311 e. The van der Waals surface area contributed by atoms with Crippen LogP contribution in [0.5, 0.6) is 0 Å². The molecule has 2 heterocycles. The van der Waals surface area contributed by atoms with Gasteiger partial charge >= 0.3 is 0 Å². The first-order chi connectivity index (χ1) is 15.4. The third-order valence-electron chi connectivity index (χ3n) is 5.48. The van der Waals surface area contributed by atoms with Gasteiger partial charge in [0, 0.05) is 24.9 Å². The molecule has 0 radical (unpaired) electrons. The van der Waals surface area contributed by atoms with E-state index in [9.17, 15) is 17.2 Å². The van der Waals surface area contributed by atoms with Crippen LogP contribution < -0.4 is 4.72 Å². The highest BCUT2D eigenvalue weighted by molar-refractivity contribution is 7.92. The molecule has 170 valence electrons. The van der Waals surface area contributed by atoms with E-state index in [2.05, 4.69) is 14.9 Å². The van der Waals surface area contributed by atoms with Gasteiger partial charge in [-0.1, -0.05) is 18.6 Å². The Hall–Kier alpha value is -2.52. The lowest BCUT2D eigenvalue weighted by atomic mass is 10.1. The van der Waals surface area contributed by atoms with Crippen LogP contribution in [0.3, 0.4) is 0 Å². The van der Waals surface area contributed by atoms with Crippen LogP contribution in [0.2, 0.25) is 0 Å². The predicted octanol–water partition coefficient (Wildman–Crippen LogP) is 4.92. The third kappa shape index (κ3) is 4.78. The molecule has 3 aromatic rings. The first kappa shape index (κ1) is 22.7. The minimum atomic E-state index is -4.08. The number of hydrogen-bond acceptors (Lipinski definition) is 4. The van der Waals surface area contributed by atoms with Crippen LogP contribution in [-0.4, -0.2) is 29.1 Å². The predicted molar refractivity (Wildman–Crippen MR) is 119 cm³/mol. The Morgan fingerprint density at radius 2 is 1.81 bits per heavy atom. The summed E-state index contributed by atoms with van der Waals surface area (Å²) < 4.78 is 58.9. The minimum Gasteiger partial charge on any atom is -0.311 e. The molecule has 0 spiro atoms. The molecule has 1 aliphatic rings. The van der Waals surface area contributed by atoms with Crippen molar-refractivity contribution in [2.45, 2.75) is 50.0 Å². The van der Waals surface area contributed by atoms with E-state index in [1.54, 1.807) is 12.1 Å². The summed E-state index contributed by atoms with van der Waals surface area (Å²) in [4.78, 5) is -0.0197. The van der Waals surface area contributed by atoms with Gasteiger partial charge in [0.25, 0.3) is 10.0 Å². The van der Waals surface area contributed by atoms with E-state index in [4.69, 9.17) is 11.6 Å². The van der Waals surface area contributed by atoms with Crippen LogP contribution in [0, 0.1) is 11.6 Å². The van der Waals surface area contributed by atoms with Gasteiger partial charge in [0.15, 0.2) is 5.82 Å². The van der Waals surface area contributed by atoms with Gasteiger partial charge in [-0.15, -0.1) is 21.8 Å². The smallest absolute Gasteiger partial charge is 0.261 e. The molecule has 32 heavy (non-hydrogen) atoms. The fourth-order valence-corrected chi connectivity index (χ4v) is 4.98. The van der Waals surface area contributed by atoms with Gasteiger partial charge in [-0.2, -0.15) is 0 Å². The Kier molecular flexibility index (Phi) is 6.76. The topological polar surface area (TPSA) is 76.9 Å². The van der Waals surface area contributed by atoms with Crippen molar-refractivity contribution in [1.82, 2.24) is 14.8 Å². The van der Waals surface area contributed by atoms with Crippen LogP contribution in [-0.2, 0) is 29.4 Å². The number of fused-ring (bicyclic) bond motifs is 1. The summed E-state index contributed by atoms with van der Waals surface area (Å²) in [5.74, 6) is -0.304. The van der Waals surface area contributed by atoms with Crippen molar-refractivity contribution in [2.24, 2.45) is 0 Å². The van der Waals surface area contributed by atoms with Crippen LogP contribution in [0.1, 0.15) is 37.1 Å². The normalized spacial score (nSPS) is 14.1. The third-order valence-corrected chi connectivity index (χ3v) is 7.13. The maximum absolute atomic E-state index is 14.7. The lowest BCUT2D eigenvalue weighted by Crippen LogP contribution is -2.14. The highest BCUT2D eigenvalue weighted by atomic mass is 35.5. The minimum absolute atomic E-state index is 0.00109. The molecule has 0 atom stereocenters. The molecular weight excluding hydrogens is 458 g/mol. The fraction of sp³-hybridized carbons (Fsp3) is 0.364. The quantitative estimate of drug-likeness (QED) is 0.487. The molecule has 10 heteroatoms. The van der Waals surface area contributed by atoms with Crippen LogP contribution in [0.15, 0.2) is 41.3 Å². The van der Waals surface area contributed by atoms with Crippen molar-refractivity contribution in [1.29, 1.82) is 0 Å². The second kappa shape index (κ2) is 9.54. The van der Waals surface area contributed by atoms with E-state index in [-0.39, 0.29) is 22.0 Å². The average Bonchev–Trinajstić information content (AvgIpc) is 3.01. The van der Waals surface area contributed by atoms with E-state index in [0.717, 1.165) is 56.0 Å². The van der Waals surface area contributed by atoms with Crippen molar-refractivity contribution in [2.75, 3.05) is 10.6 Å². The molecule has 0 unspecified atom stereocenters. The Morgan fingerprint density at radius 3 is 2.56 bits per heavy atom. The molecule has 2 aromatic carbocycles.